The number of amides is 1. The van der Waals surface area contributed by atoms with Crippen LogP contribution in [0.5, 0.6) is 5.75 Å². The van der Waals surface area contributed by atoms with Crippen LogP contribution in [0.15, 0.2) is 23.1 Å². The summed E-state index contributed by atoms with van der Waals surface area (Å²) in [6.45, 7) is 5.99. The van der Waals surface area contributed by atoms with Crippen LogP contribution in [-0.4, -0.2) is 27.5 Å². The largest absolute Gasteiger partial charge is 0.495 e. The Balaban J connectivity index is 3.07. The Bertz CT molecular complexity index is 613. The number of rotatable bonds is 6. The molecule has 2 atom stereocenters. The van der Waals surface area contributed by atoms with Crippen LogP contribution in [0.1, 0.15) is 37.6 Å². The topological polar surface area (TPSA) is 98.5 Å². The van der Waals surface area contributed by atoms with Gasteiger partial charge in [-0.1, -0.05) is 20.3 Å². The van der Waals surface area contributed by atoms with Crippen LogP contribution in [0, 0.1) is 5.92 Å². The summed E-state index contributed by atoms with van der Waals surface area (Å²) in [5.41, 5.74) is 0.231. The normalized spacial score (nSPS) is 14.3. The minimum atomic E-state index is -3.96. The van der Waals surface area contributed by atoms with Gasteiger partial charge in [-0.3, -0.25) is 4.79 Å². The molecule has 0 aliphatic rings. The maximum Gasteiger partial charge on any atom is 0.251 e. The van der Waals surface area contributed by atoms with E-state index in [1.165, 1.54) is 25.3 Å². The summed E-state index contributed by atoms with van der Waals surface area (Å²) in [5, 5.41) is 7.98. The molecule has 118 valence electrons. The van der Waals surface area contributed by atoms with E-state index >= 15 is 0 Å². The highest BCUT2D eigenvalue weighted by Gasteiger charge is 2.19. The van der Waals surface area contributed by atoms with Gasteiger partial charge in [-0.25, -0.2) is 13.6 Å². The fourth-order valence-corrected chi connectivity index (χ4v) is 2.55. The van der Waals surface area contributed by atoms with Gasteiger partial charge >= 0.3 is 0 Å². The van der Waals surface area contributed by atoms with Crippen LogP contribution in [-0.2, 0) is 10.0 Å². The van der Waals surface area contributed by atoms with Gasteiger partial charge in [0.25, 0.3) is 5.91 Å². The average molecular weight is 314 g/mol. The van der Waals surface area contributed by atoms with Crippen LogP contribution in [0.2, 0.25) is 0 Å². The minimum Gasteiger partial charge on any atom is -0.495 e. The first-order chi connectivity index (χ1) is 9.70. The number of primary sulfonamides is 1. The molecule has 1 aromatic rings. The second-order valence-electron chi connectivity index (χ2n) is 5.06. The van der Waals surface area contributed by atoms with E-state index in [0.29, 0.717) is 5.92 Å². The van der Waals surface area contributed by atoms with Crippen molar-refractivity contribution in [3.63, 3.8) is 0 Å². The molecule has 0 radical (unpaired) electrons. The van der Waals surface area contributed by atoms with Crippen molar-refractivity contribution in [2.45, 2.75) is 38.1 Å². The van der Waals surface area contributed by atoms with Crippen molar-refractivity contribution in [2.75, 3.05) is 7.11 Å². The number of carbonyl (C=O) groups excluding carboxylic acids is 1. The van der Waals surface area contributed by atoms with Crippen LogP contribution in [0.25, 0.3) is 0 Å². The first kappa shape index (κ1) is 17.5. The number of hydrogen-bond donors (Lipinski definition) is 2. The number of carbonyl (C=O) groups is 1. The Labute approximate surface area is 125 Å². The lowest BCUT2D eigenvalue weighted by Crippen LogP contribution is -2.37. The lowest BCUT2D eigenvalue weighted by Gasteiger charge is -2.20. The molecular formula is C14H22N2O4S. The molecule has 0 bridgehead atoms. The van der Waals surface area contributed by atoms with E-state index in [2.05, 4.69) is 5.32 Å². The van der Waals surface area contributed by atoms with E-state index in [1.54, 1.807) is 0 Å². The predicted octanol–water partition coefficient (Wildman–Crippen LogP) is 1.51. The molecule has 1 amide bonds. The Morgan fingerprint density at radius 1 is 1.38 bits per heavy atom. The molecule has 0 fully saturated rings. The summed E-state index contributed by atoms with van der Waals surface area (Å²) in [5.74, 6) is 0.101. The third kappa shape index (κ3) is 4.44. The number of nitrogens with two attached hydrogens (primary N) is 1. The van der Waals surface area contributed by atoms with E-state index in [1.807, 2.05) is 20.8 Å². The Hall–Kier alpha value is -1.60. The minimum absolute atomic E-state index is 0.0115. The van der Waals surface area contributed by atoms with E-state index < -0.39 is 10.0 Å². The number of methoxy groups -OCH3 is 1. The molecule has 0 spiro atoms. The number of ether oxygens (including phenoxy) is 1. The van der Waals surface area contributed by atoms with Gasteiger partial charge in [-0.15, -0.1) is 0 Å². The third-order valence-corrected chi connectivity index (χ3v) is 4.52. The maximum atomic E-state index is 12.2. The molecular weight excluding hydrogens is 292 g/mol. The number of nitrogens with one attached hydrogen (secondary N) is 1. The summed E-state index contributed by atoms with van der Waals surface area (Å²) in [7, 11) is -2.61. The molecule has 7 heteroatoms. The van der Waals surface area contributed by atoms with E-state index in [4.69, 9.17) is 9.88 Å². The predicted molar refractivity (Wildman–Crippen MR) is 80.8 cm³/mol. The number of hydrogen-bond acceptors (Lipinski definition) is 4. The molecule has 0 aliphatic carbocycles. The zero-order valence-corrected chi connectivity index (χ0v) is 13.5. The van der Waals surface area contributed by atoms with Crippen LogP contribution >= 0.6 is 0 Å². The van der Waals surface area contributed by atoms with Crippen molar-refractivity contribution >= 4 is 15.9 Å². The van der Waals surface area contributed by atoms with Gasteiger partial charge in [0.2, 0.25) is 10.0 Å². The van der Waals surface area contributed by atoms with E-state index in [9.17, 15) is 13.2 Å². The molecule has 0 heterocycles. The monoisotopic (exact) mass is 314 g/mol. The van der Waals surface area contributed by atoms with Crippen molar-refractivity contribution in [3.8, 4) is 5.75 Å². The summed E-state index contributed by atoms with van der Waals surface area (Å²) in [6.07, 6.45) is 0.937. The van der Waals surface area contributed by atoms with E-state index in [0.717, 1.165) is 6.42 Å². The van der Waals surface area contributed by atoms with Gasteiger partial charge in [0, 0.05) is 11.6 Å². The molecule has 6 nitrogen and oxygen atoms in total. The Morgan fingerprint density at radius 3 is 2.48 bits per heavy atom. The molecule has 3 N–H and O–H groups in total. The molecule has 0 saturated carbocycles. The second-order valence-corrected chi connectivity index (χ2v) is 6.59. The summed E-state index contributed by atoms with van der Waals surface area (Å²) >= 11 is 0. The number of sulfonamides is 1. The van der Waals surface area contributed by atoms with Gasteiger partial charge in [0.15, 0.2) is 0 Å². The average Bonchev–Trinajstić information content (AvgIpc) is 2.44. The Kier molecular flexibility index (Phi) is 5.74. The van der Waals surface area contributed by atoms with Crippen molar-refractivity contribution in [2.24, 2.45) is 11.1 Å². The quantitative estimate of drug-likeness (QED) is 0.831. The van der Waals surface area contributed by atoms with E-state index in [-0.39, 0.29) is 28.2 Å². The van der Waals surface area contributed by atoms with Gasteiger partial charge < -0.3 is 10.1 Å². The summed E-state index contributed by atoms with van der Waals surface area (Å²) in [4.78, 5) is 12.0. The SMILES string of the molecule is CCC(C)C(C)NC(=O)c1ccc(OC)c(S(N)(=O)=O)c1. The first-order valence-corrected chi connectivity index (χ1v) is 8.27. The smallest absolute Gasteiger partial charge is 0.251 e. The third-order valence-electron chi connectivity index (χ3n) is 3.59. The summed E-state index contributed by atoms with van der Waals surface area (Å²) < 4.78 is 28.0. The van der Waals surface area contributed by atoms with Crippen molar-refractivity contribution in [1.82, 2.24) is 5.32 Å². The van der Waals surface area contributed by atoms with Gasteiger partial charge in [0.1, 0.15) is 10.6 Å². The molecule has 1 rings (SSSR count). The van der Waals surface area contributed by atoms with Crippen LogP contribution < -0.4 is 15.2 Å². The molecule has 1 aromatic carbocycles. The Morgan fingerprint density at radius 2 is 2.00 bits per heavy atom. The van der Waals surface area contributed by atoms with Crippen LogP contribution in [0.4, 0.5) is 0 Å². The zero-order chi connectivity index (χ0) is 16.2. The zero-order valence-electron chi connectivity index (χ0n) is 12.7. The highest BCUT2D eigenvalue weighted by molar-refractivity contribution is 7.89. The molecule has 21 heavy (non-hydrogen) atoms. The van der Waals surface area contributed by atoms with Gasteiger partial charge in [0.05, 0.1) is 7.11 Å². The second kappa shape index (κ2) is 6.91. The van der Waals surface area contributed by atoms with Crippen LogP contribution in [0.3, 0.4) is 0 Å². The fraction of sp³-hybridized carbons (Fsp3) is 0.500. The van der Waals surface area contributed by atoms with Crippen molar-refractivity contribution in [3.05, 3.63) is 23.8 Å². The molecule has 0 aromatic heterocycles. The maximum absolute atomic E-state index is 12.2. The highest BCUT2D eigenvalue weighted by atomic mass is 32.2. The number of benzene rings is 1. The van der Waals surface area contributed by atoms with Crippen molar-refractivity contribution in [1.29, 1.82) is 0 Å². The summed E-state index contributed by atoms with van der Waals surface area (Å²) in [6, 6.07) is 4.14. The first-order valence-electron chi connectivity index (χ1n) is 6.72. The van der Waals surface area contributed by atoms with Gasteiger partial charge in [-0.2, -0.15) is 0 Å². The van der Waals surface area contributed by atoms with Crippen molar-refractivity contribution < 1.29 is 17.9 Å². The van der Waals surface area contributed by atoms with Gasteiger partial charge in [-0.05, 0) is 31.0 Å². The lowest BCUT2D eigenvalue weighted by molar-refractivity contribution is 0.0928. The fourth-order valence-electron chi connectivity index (χ4n) is 1.83. The molecule has 2 unspecified atom stereocenters. The standard InChI is InChI=1S/C14H22N2O4S/c1-5-9(2)10(3)16-14(17)11-6-7-12(20-4)13(8-11)21(15,18)19/h6-10H,5H2,1-4H3,(H,16,17)(H2,15,18,19). The molecule has 0 saturated heterocycles. The highest BCUT2D eigenvalue weighted by Crippen LogP contribution is 2.23. The lowest BCUT2D eigenvalue weighted by atomic mass is 10.0. The molecule has 0 aliphatic heterocycles.